The molecule has 0 aromatic heterocycles. The first kappa shape index (κ1) is 24.1. The molecule has 6 nitrogen and oxygen atoms in total. The van der Waals surface area contributed by atoms with Gasteiger partial charge in [-0.05, 0) is 31.6 Å². The molecule has 1 spiro atoms. The Balaban J connectivity index is 1.94. The summed E-state index contributed by atoms with van der Waals surface area (Å²) in [4.78, 5) is 11.1. The number of methoxy groups -OCH3 is 2. The van der Waals surface area contributed by atoms with E-state index in [1.807, 2.05) is 26.0 Å². The summed E-state index contributed by atoms with van der Waals surface area (Å²) in [6, 6.07) is 0. The lowest BCUT2D eigenvalue weighted by molar-refractivity contribution is -0.186. The van der Waals surface area contributed by atoms with E-state index in [1.54, 1.807) is 7.11 Å². The van der Waals surface area contributed by atoms with E-state index < -0.39 is 11.9 Å². The number of aliphatic hydroxyl groups is 1. The number of rotatable bonds is 11. The minimum absolute atomic E-state index is 0.281. The van der Waals surface area contributed by atoms with E-state index in [4.69, 9.17) is 14.2 Å². The molecule has 29 heavy (non-hydrogen) atoms. The SMILES string of the molecule is COCC(C)(C)C(O)/C=C/[C@H]1CCC2(OCCO2)[C@@H]1CCCC/C=C/C(=O)OC. The predicted octanol–water partition coefficient (Wildman–Crippen LogP) is 3.64. The molecule has 1 unspecified atom stereocenters. The van der Waals surface area contributed by atoms with E-state index in [0.29, 0.717) is 25.7 Å². The topological polar surface area (TPSA) is 74.2 Å². The molecule has 1 heterocycles. The van der Waals surface area contributed by atoms with Crippen LogP contribution in [-0.2, 0) is 23.7 Å². The summed E-state index contributed by atoms with van der Waals surface area (Å²) in [5.74, 6) is -0.174. The summed E-state index contributed by atoms with van der Waals surface area (Å²) in [7, 11) is 3.04. The van der Waals surface area contributed by atoms with Crippen molar-refractivity contribution in [3.63, 3.8) is 0 Å². The van der Waals surface area contributed by atoms with E-state index in [-0.39, 0.29) is 17.3 Å². The van der Waals surface area contributed by atoms with Crippen molar-refractivity contribution < 1.29 is 28.8 Å². The Morgan fingerprint density at radius 3 is 2.66 bits per heavy atom. The Morgan fingerprint density at radius 1 is 1.28 bits per heavy atom. The molecule has 1 saturated carbocycles. The summed E-state index contributed by atoms with van der Waals surface area (Å²) in [6.45, 7) is 5.81. The number of aliphatic hydroxyl groups excluding tert-OH is 1. The zero-order chi connectivity index (χ0) is 21.3. The third-order valence-electron chi connectivity index (χ3n) is 6.13. The van der Waals surface area contributed by atoms with Crippen molar-refractivity contribution in [1.29, 1.82) is 0 Å². The Labute approximate surface area is 175 Å². The molecule has 3 atom stereocenters. The third-order valence-corrected chi connectivity index (χ3v) is 6.13. The standard InChI is InChI=1S/C23H38O6/c1-22(2,17-26-3)20(24)12-11-18-13-14-23(28-15-16-29-23)19(18)9-7-5-6-8-10-21(25)27-4/h8,10-12,18-20,24H,5-7,9,13-17H2,1-4H3/b10-8+,12-11+/t18-,19+,20?/m0/s1. The van der Waals surface area contributed by atoms with Gasteiger partial charge in [0.25, 0.3) is 0 Å². The number of hydrogen-bond acceptors (Lipinski definition) is 6. The highest BCUT2D eigenvalue weighted by molar-refractivity contribution is 5.81. The van der Waals surface area contributed by atoms with Gasteiger partial charge < -0.3 is 24.1 Å². The number of carbonyl (C=O) groups excluding carboxylic acids is 1. The van der Waals surface area contributed by atoms with Gasteiger partial charge in [0.2, 0.25) is 0 Å². The maximum Gasteiger partial charge on any atom is 0.330 e. The molecule has 0 aromatic rings. The number of allylic oxidation sites excluding steroid dienone is 2. The highest BCUT2D eigenvalue weighted by atomic mass is 16.7. The zero-order valence-electron chi connectivity index (χ0n) is 18.4. The summed E-state index contributed by atoms with van der Waals surface area (Å²) in [6.07, 6.45) is 12.6. The van der Waals surface area contributed by atoms with Crippen LogP contribution in [0.5, 0.6) is 0 Å². The van der Waals surface area contributed by atoms with Crippen LogP contribution in [0.1, 0.15) is 52.4 Å². The second-order valence-corrected chi connectivity index (χ2v) is 8.78. The van der Waals surface area contributed by atoms with E-state index in [2.05, 4.69) is 10.8 Å². The van der Waals surface area contributed by atoms with Crippen LogP contribution >= 0.6 is 0 Å². The Hall–Kier alpha value is -1.21. The molecule has 2 rings (SSSR count). The number of esters is 1. The number of hydrogen-bond donors (Lipinski definition) is 1. The van der Waals surface area contributed by atoms with Gasteiger partial charge in [-0.2, -0.15) is 0 Å². The van der Waals surface area contributed by atoms with Crippen molar-refractivity contribution >= 4 is 5.97 Å². The molecule has 2 fully saturated rings. The lowest BCUT2D eigenvalue weighted by Gasteiger charge is -2.32. The lowest BCUT2D eigenvalue weighted by Crippen LogP contribution is -2.36. The molecule has 0 aromatic carbocycles. The summed E-state index contributed by atoms with van der Waals surface area (Å²) >= 11 is 0. The van der Waals surface area contributed by atoms with Crippen molar-refractivity contribution in [2.75, 3.05) is 34.0 Å². The maximum atomic E-state index is 11.1. The van der Waals surface area contributed by atoms with Crippen LogP contribution in [0.2, 0.25) is 0 Å². The van der Waals surface area contributed by atoms with Crippen LogP contribution in [-0.4, -0.2) is 57.0 Å². The van der Waals surface area contributed by atoms with Crippen molar-refractivity contribution in [1.82, 2.24) is 0 Å². The molecule has 1 aliphatic carbocycles. The summed E-state index contributed by atoms with van der Waals surface area (Å²) in [5.41, 5.74) is -0.330. The van der Waals surface area contributed by atoms with Crippen LogP contribution in [0.4, 0.5) is 0 Å². The minimum Gasteiger partial charge on any atom is -0.466 e. The summed E-state index contributed by atoms with van der Waals surface area (Å²) in [5, 5.41) is 10.6. The van der Waals surface area contributed by atoms with Crippen molar-refractivity contribution in [2.45, 2.75) is 64.3 Å². The van der Waals surface area contributed by atoms with Crippen molar-refractivity contribution in [3.8, 4) is 0 Å². The predicted molar refractivity (Wildman–Crippen MR) is 111 cm³/mol. The highest BCUT2D eigenvalue weighted by Crippen LogP contribution is 2.49. The largest absolute Gasteiger partial charge is 0.466 e. The van der Waals surface area contributed by atoms with Crippen molar-refractivity contribution in [3.05, 3.63) is 24.3 Å². The van der Waals surface area contributed by atoms with E-state index in [0.717, 1.165) is 38.5 Å². The average molecular weight is 411 g/mol. The third kappa shape index (κ3) is 6.64. The van der Waals surface area contributed by atoms with Crippen molar-refractivity contribution in [2.24, 2.45) is 17.3 Å². The molecule has 1 N–H and O–H groups in total. The number of carbonyl (C=O) groups is 1. The maximum absolute atomic E-state index is 11.1. The van der Waals surface area contributed by atoms with Crippen LogP contribution in [0.3, 0.4) is 0 Å². The molecular weight excluding hydrogens is 372 g/mol. The number of ether oxygens (including phenoxy) is 4. The van der Waals surface area contributed by atoms with E-state index in [9.17, 15) is 9.90 Å². The quantitative estimate of drug-likeness (QED) is 0.243. The lowest BCUT2D eigenvalue weighted by atomic mass is 9.84. The Kier molecular flexibility index (Phi) is 9.34. The smallest absolute Gasteiger partial charge is 0.330 e. The monoisotopic (exact) mass is 410 g/mol. The molecule has 2 aliphatic rings. The number of unbranched alkanes of at least 4 members (excludes halogenated alkanes) is 2. The van der Waals surface area contributed by atoms with Gasteiger partial charge in [-0.25, -0.2) is 4.79 Å². The summed E-state index contributed by atoms with van der Waals surface area (Å²) < 4.78 is 22.0. The second-order valence-electron chi connectivity index (χ2n) is 8.78. The van der Waals surface area contributed by atoms with E-state index >= 15 is 0 Å². The van der Waals surface area contributed by atoms with Gasteiger partial charge in [0.05, 0.1) is 33.0 Å². The van der Waals surface area contributed by atoms with Crippen LogP contribution in [0.25, 0.3) is 0 Å². The van der Waals surface area contributed by atoms with Gasteiger partial charge in [0.1, 0.15) is 0 Å². The van der Waals surface area contributed by atoms with Gasteiger partial charge in [-0.1, -0.05) is 38.5 Å². The molecule has 0 amide bonds. The highest BCUT2D eigenvalue weighted by Gasteiger charge is 2.51. The fraction of sp³-hybridized carbons (Fsp3) is 0.783. The average Bonchev–Trinajstić information content (AvgIpc) is 3.30. The van der Waals surface area contributed by atoms with Crippen LogP contribution in [0, 0.1) is 17.3 Å². The molecular formula is C23H38O6. The first-order chi connectivity index (χ1) is 13.8. The van der Waals surface area contributed by atoms with Gasteiger partial charge >= 0.3 is 5.97 Å². The first-order valence-corrected chi connectivity index (χ1v) is 10.7. The van der Waals surface area contributed by atoms with Gasteiger partial charge in [-0.3, -0.25) is 0 Å². The molecule has 0 bridgehead atoms. The normalized spacial score (nSPS) is 25.4. The van der Waals surface area contributed by atoms with Crippen LogP contribution in [0.15, 0.2) is 24.3 Å². The fourth-order valence-electron chi connectivity index (χ4n) is 4.41. The van der Waals surface area contributed by atoms with Gasteiger partial charge in [0, 0.05) is 30.9 Å². The van der Waals surface area contributed by atoms with Gasteiger partial charge in [-0.15, -0.1) is 0 Å². The molecule has 1 saturated heterocycles. The minimum atomic E-state index is -0.562. The first-order valence-electron chi connectivity index (χ1n) is 10.7. The van der Waals surface area contributed by atoms with Gasteiger partial charge in [0.15, 0.2) is 5.79 Å². The Bertz CT molecular complexity index is 562. The Morgan fingerprint density at radius 2 is 2.00 bits per heavy atom. The fourth-order valence-corrected chi connectivity index (χ4v) is 4.41. The zero-order valence-corrected chi connectivity index (χ0v) is 18.4. The molecule has 166 valence electrons. The molecule has 6 heteroatoms. The van der Waals surface area contributed by atoms with E-state index in [1.165, 1.54) is 13.2 Å². The second kappa shape index (κ2) is 11.3. The molecule has 0 radical (unpaired) electrons. The molecule has 1 aliphatic heterocycles. The van der Waals surface area contributed by atoms with Crippen LogP contribution < -0.4 is 0 Å².